The minimum absolute atomic E-state index is 0.0480. The van der Waals surface area contributed by atoms with Gasteiger partial charge in [0.1, 0.15) is 6.04 Å². The van der Waals surface area contributed by atoms with Gasteiger partial charge in [0, 0.05) is 18.3 Å². The minimum Gasteiger partial charge on any atom is -0.468 e. The van der Waals surface area contributed by atoms with Crippen molar-refractivity contribution < 1.29 is 22.7 Å². The van der Waals surface area contributed by atoms with Crippen LogP contribution in [0.3, 0.4) is 0 Å². The standard InChI is InChI=1S/C25H26N2O5S/c1-18-7-11-20(12-8-18)24(28)23-6-4-16-27(23)15-3-5-19-9-13-21(14-10-19)33(30,31)17-22(26)25(29)32-2/h3-14,16,22H,15,17,26H2,1-2H3/b5-3+/t22-/m0/s1. The zero-order valence-electron chi connectivity index (χ0n) is 18.5. The zero-order chi connectivity index (χ0) is 24.0. The molecule has 2 N–H and O–H groups in total. The molecule has 2 aromatic carbocycles. The van der Waals surface area contributed by atoms with Gasteiger partial charge in [-0.3, -0.25) is 9.59 Å². The van der Waals surface area contributed by atoms with Crippen molar-refractivity contribution >= 4 is 27.7 Å². The number of ketones is 1. The lowest BCUT2D eigenvalue weighted by Crippen LogP contribution is -2.38. The Balaban J connectivity index is 1.66. The molecule has 3 rings (SSSR count). The van der Waals surface area contributed by atoms with Crippen LogP contribution in [0.1, 0.15) is 27.2 Å². The van der Waals surface area contributed by atoms with Gasteiger partial charge in [0.25, 0.3) is 0 Å². The number of sulfone groups is 1. The third kappa shape index (κ3) is 6.06. The van der Waals surface area contributed by atoms with Crippen molar-refractivity contribution in [3.63, 3.8) is 0 Å². The number of hydrogen-bond acceptors (Lipinski definition) is 6. The number of ether oxygens (including phenoxy) is 1. The van der Waals surface area contributed by atoms with Crippen LogP contribution in [0.2, 0.25) is 0 Å². The number of hydrogen-bond donors (Lipinski definition) is 1. The third-order valence-electron chi connectivity index (χ3n) is 5.13. The van der Waals surface area contributed by atoms with Gasteiger partial charge in [0.05, 0.1) is 23.5 Å². The quantitative estimate of drug-likeness (QED) is 0.384. The fourth-order valence-electron chi connectivity index (χ4n) is 3.27. The zero-order valence-corrected chi connectivity index (χ0v) is 19.3. The Morgan fingerprint density at radius 1 is 1.06 bits per heavy atom. The van der Waals surface area contributed by atoms with Gasteiger partial charge >= 0.3 is 5.97 Å². The van der Waals surface area contributed by atoms with Gasteiger partial charge in [-0.1, -0.05) is 54.1 Å². The number of aromatic nitrogens is 1. The number of methoxy groups -OCH3 is 1. The largest absolute Gasteiger partial charge is 0.468 e. The summed E-state index contributed by atoms with van der Waals surface area (Å²) in [6.07, 6.45) is 5.57. The molecule has 0 spiro atoms. The number of allylic oxidation sites excluding steroid dienone is 1. The molecule has 33 heavy (non-hydrogen) atoms. The summed E-state index contributed by atoms with van der Waals surface area (Å²) in [5, 5.41) is 0. The number of benzene rings is 2. The Kier molecular flexibility index (Phi) is 7.63. The van der Waals surface area contributed by atoms with Crippen LogP contribution in [0.4, 0.5) is 0 Å². The summed E-state index contributed by atoms with van der Waals surface area (Å²) < 4.78 is 31.2. The second-order valence-corrected chi connectivity index (χ2v) is 9.66. The van der Waals surface area contributed by atoms with Gasteiger partial charge in [0.15, 0.2) is 9.84 Å². The summed E-state index contributed by atoms with van der Waals surface area (Å²) in [6.45, 7) is 2.45. The van der Waals surface area contributed by atoms with Crippen LogP contribution in [0.25, 0.3) is 6.08 Å². The molecule has 0 fully saturated rings. The Morgan fingerprint density at radius 2 is 1.73 bits per heavy atom. The summed E-state index contributed by atoms with van der Waals surface area (Å²) >= 11 is 0. The molecule has 1 aromatic heterocycles. The SMILES string of the molecule is COC(=O)[C@@H](N)CS(=O)(=O)c1ccc(/C=C/Cn2cccc2C(=O)c2ccc(C)cc2)cc1. The first-order valence-electron chi connectivity index (χ1n) is 10.3. The van der Waals surface area contributed by atoms with E-state index in [-0.39, 0.29) is 10.7 Å². The van der Waals surface area contributed by atoms with Gasteiger partial charge in [0.2, 0.25) is 5.78 Å². The van der Waals surface area contributed by atoms with Crippen molar-refractivity contribution in [2.24, 2.45) is 5.73 Å². The van der Waals surface area contributed by atoms with E-state index in [1.54, 1.807) is 18.2 Å². The number of carbonyl (C=O) groups is 2. The molecule has 0 aliphatic carbocycles. The van der Waals surface area contributed by atoms with Crippen molar-refractivity contribution in [3.8, 4) is 0 Å². The van der Waals surface area contributed by atoms with Gasteiger partial charge < -0.3 is 15.0 Å². The van der Waals surface area contributed by atoms with Gasteiger partial charge in [-0.25, -0.2) is 8.42 Å². The molecule has 1 heterocycles. The number of carbonyl (C=O) groups excluding carboxylic acids is 2. The second kappa shape index (κ2) is 10.4. The van der Waals surface area contributed by atoms with E-state index in [9.17, 15) is 18.0 Å². The molecule has 1 atom stereocenters. The lowest BCUT2D eigenvalue weighted by atomic mass is 10.1. The average molecular weight is 467 g/mol. The summed E-state index contributed by atoms with van der Waals surface area (Å²) in [5.74, 6) is -1.35. The molecule has 7 nitrogen and oxygen atoms in total. The van der Waals surface area contributed by atoms with Crippen LogP contribution in [-0.4, -0.2) is 43.6 Å². The van der Waals surface area contributed by atoms with Gasteiger partial charge in [-0.15, -0.1) is 0 Å². The van der Waals surface area contributed by atoms with Crippen LogP contribution >= 0.6 is 0 Å². The number of aryl methyl sites for hydroxylation is 1. The monoisotopic (exact) mass is 466 g/mol. The van der Waals surface area contributed by atoms with E-state index in [4.69, 9.17) is 5.73 Å². The highest BCUT2D eigenvalue weighted by Crippen LogP contribution is 2.16. The predicted octanol–water partition coefficient (Wildman–Crippen LogP) is 3.01. The molecular formula is C25H26N2O5S. The van der Waals surface area contributed by atoms with E-state index < -0.39 is 27.6 Å². The highest BCUT2D eigenvalue weighted by Gasteiger charge is 2.24. The summed E-state index contributed by atoms with van der Waals surface area (Å²) in [7, 11) is -2.57. The summed E-state index contributed by atoms with van der Waals surface area (Å²) in [4.78, 5) is 24.3. The molecule has 0 aliphatic heterocycles. The maximum atomic E-state index is 12.8. The Labute approximate surface area is 193 Å². The van der Waals surface area contributed by atoms with E-state index in [2.05, 4.69) is 4.74 Å². The van der Waals surface area contributed by atoms with Crippen molar-refractivity contribution in [1.29, 1.82) is 0 Å². The third-order valence-corrected chi connectivity index (χ3v) is 6.92. The Bertz CT molecular complexity index is 1260. The molecule has 0 aliphatic rings. The highest BCUT2D eigenvalue weighted by molar-refractivity contribution is 7.91. The van der Waals surface area contributed by atoms with Crippen molar-refractivity contribution in [2.45, 2.75) is 24.4 Å². The summed E-state index contributed by atoms with van der Waals surface area (Å²) in [5.41, 5.74) is 8.69. The average Bonchev–Trinajstić information content (AvgIpc) is 3.27. The Hall–Kier alpha value is -3.49. The molecule has 0 radical (unpaired) electrons. The summed E-state index contributed by atoms with van der Waals surface area (Å²) in [6, 6.07) is 16.1. The predicted molar refractivity (Wildman–Crippen MR) is 127 cm³/mol. The first-order valence-corrected chi connectivity index (χ1v) is 12.0. The molecular weight excluding hydrogens is 440 g/mol. The van der Waals surface area contributed by atoms with Crippen LogP contribution < -0.4 is 5.73 Å². The highest BCUT2D eigenvalue weighted by atomic mass is 32.2. The lowest BCUT2D eigenvalue weighted by Gasteiger charge is -2.10. The molecule has 0 bridgehead atoms. The fourth-order valence-corrected chi connectivity index (χ4v) is 4.62. The first-order chi connectivity index (χ1) is 15.7. The first kappa shape index (κ1) is 24.2. The van der Waals surface area contributed by atoms with Crippen molar-refractivity contribution in [2.75, 3.05) is 12.9 Å². The number of rotatable bonds is 9. The topological polar surface area (TPSA) is 108 Å². The smallest absolute Gasteiger partial charge is 0.323 e. The number of nitrogens with two attached hydrogens (primary N) is 1. The number of esters is 1. The van der Waals surface area contributed by atoms with E-state index in [0.717, 1.165) is 18.2 Å². The lowest BCUT2D eigenvalue weighted by molar-refractivity contribution is -0.141. The molecule has 8 heteroatoms. The minimum atomic E-state index is -3.72. The molecule has 172 valence electrons. The van der Waals surface area contributed by atoms with Crippen LogP contribution in [0.5, 0.6) is 0 Å². The number of nitrogens with zero attached hydrogens (tertiary/aromatic N) is 1. The van der Waals surface area contributed by atoms with Gasteiger partial charge in [-0.2, -0.15) is 0 Å². The molecule has 0 saturated carbocycles. The van der Waals surface area contributed by atoms with Crippen LogP contribution in [0, 0.1) is 6.92 Å². The maximum Gasteiger partial charge on any atom is 0.323 e. The molecule has 3 aromatic rings. The van der Waals surface area contributed by atoms with Crippen molar-refractivity contribution in [1.82, 2.24) is 4.57 Å². The van der Waals surface area contributed by atoms with Crippen molar-refractivity contribution in [3.05, 3.63) is 95.3 Å². The molecule has 0 amide bonds. The molecule has 0 saturated heterocycles. The maximum absolute atomic E-state index is 12.8. The van der Waals surface area contributed by atoms with E-state index in [0.29, 0.717) is 17.8 Å². The molecule has 0 unspecified atom stereocenters. The van der Waals surface area contributed by atoms with Gasteiger partial charge in [-0.05, 0) is 36.8 Å². The van der Waals surface area contributed by atoms with E-state index >= 15 is 0 Å². The van der Waals surface area contributed by atoms with E-state index in [1.165, 1.54) is 12.1 Å². The fraction of sp³-hybridized carbons (Fsp3) is 0.200. The van der Waals surface area contributed by atoms with Crippen LogP contribution in [0.15, 0.2) is 77.8 Å². The normalized spacial score (nSPS) is 12.6. The Morgan fingerprint density at radius 3 is 2.36 bits per heavy atom. The van der Waals surface area contributed by atoms with E-state index in [1.807, 2.05) is 60.2 Å². The second-order valence-electron chi connectivity index (χ2n) is 7.62. The van der Waals surface area contributed by atoms with Crippen LogP contribution in [-0.2, 0) is 25.9 Å².